The van der Waals surface area contributed by atoms with Gasteiger partial charge in [0, 0.05) is 16.8 Å². The molecule has 0 saturated heterocycles. The molecule has 0 amide bonds. The fourth-order valence-electron chi connectivity index (χ4n) is 3.20. The van der Waals surface area contributed by atoms with Gasteiger partial charge in [0.25, 0.3) is 0 Å². The number of halogens is 1. The Morgan fingerprint density at radius 1 is 0.769 bits per heavy atom. The third-order valence-corrected chi connectivity index (χ3v) is 5.82. The van der Waals surface area contributed by atoms with E-state index < -0.39 is 15.7 Å². The first-order chi connectivity index (χ1) is 12.5. The third kappa shape index (κ3) is 3.30. The molecule has 1 heterocycles. The number of fused-ring (bicyclic) bond motifs is 3. The van der Waals surface area contributed by atoms with Crippen LogP contribution in [0.1, 0.15) is 11.3 Å². The number of aromatic nitrogens is 1. The van der Waals surface area contributed by atoms with Gasteiger partial charge < -0.3 is 0 Å². The topological polar surface area (TPSA) is 47.0 Å². The quantitative estimate of drug-likeness (QED) is 0.495. The summed E-state index contributed by atoms with van der Waals surface area (Å²) in [5.74, 6) is -0.627. The number of hydrogen-bond acceptors (Lipinski definition) is 3. The minimum atomic E-state index is -3.41. The zero-order chi connectivity index (χ0) is 18.1. The van der Waals surface area contributed by atoms with Gasteiger partial charge in [-0.05, 0) is 23.1 Å². The van der Waals surface area contributed by atoms with E-state index in [1.807, 2.05) is 42.5 Å². The Morgan fingerprint density at radius 3 is 2.23 bits per heavy atom. The molecule has 3 nitrogen and oxygen atoms in total. The minimum Gasteiger partial charge on any atom is -0.251 e. The van der Waals surface area contributed by atoms with Crippen molar-refractivity contribution in [2.45, 2.75) is 11.5 Å². The molecular formula is C21H16FNO2S. The maximum atomic E-state index is 13.6. The first kappa shape index (κ1) is 16.7. The van der Waals surface area contributed by atoms with Crippen molar-refractivity contribution >= 4 is 31.5 Å². The van der Waals surface area contributed by atoms with Crippen molar-refractivity contribution in [2.24, 2.45) is 0 Å². The first-order valence-corrected chi connectivity index (χ1v) is 10.1. The van der Waals surface area contributed by atoms with E-state index in [1.54, 1.807) is 18.2 Å². The smallest absolute Gasteiger partial charge is 0.160 e. The fourth-order valence-corrected chi connectivity index (χ4v) is 4.64. The molecule has 4 aromatic rings. The fraction of sp³-hybridized carbons (Fsp3) is 0.0952. The van der Waals surface area contributed by atoms with Crippen molar-refractivity contribution < 1.29 is 12.8 Å². The van der Waals surface area contributed by atoms with Crippen molar-refractivity contribution in [3.8, 4) is 0 Å². The molecule has 0 fully saturated rings. The van der Waals surface area contributed by atoms with Crippen LogP contribution in [0.4, 0.5) is 4.39 Å². The monoisotopic (exact) mass is 365 g/mol. The summed E-state index contributed by atoms with van der Waals surface area (Å²) in [5.41, 5.74) is 1.66. The van der Waals surface area contributed by atoms with Crippen molar-refractivity contribution in [3.05, 3.63) is 89.9 Å². The SMILES string of the molecule is O=S(=O)(Cc1ccccc1)Cc1nc2cc(F)ccc2c2ccccc12. The van der Waals surface area contributed by atoms with Crippen molar-refractivity contribution in [1.82, 2.24) is 4.98 Å². The largest absolute Gasteiger partial charge is 0.251 e. The van der Waals surface area contributed by atoms with Gasteiger partial charge in [0.1, 0.15) is 5.82 Å². The molecule has 4 rings (SSSR count). The summed E-state index contributed by atoms with van der Waals surface area (Å²) in [6.45, 7) is 0. The second-order valence-corrected chi connectivity index (χ2v) is 8.35. The van der Waals surface area contributed by atoms with E-state index in [2.05, 4.69) is 4.98 Å². The molecule has 130 valence electrons. The summed E-state index contributed by atoms with van der Waals surface area (Å²) in [6, 6.07) is 21.0. The maximum Gasteiger partial charge on any atom is 0.160 e. The molecule has 0 aliphatic carbocycles. The molecule has 1 aromatic heterocycles. The predicted molar refractivity (Wildman–Crippen MR) is 102 cm³/mol. The molecule has 0 radical (unpaired) electrons. The molecule has 0 spiro atoms. The van der Waals surface area contributed by atoms with E-state index in [0.717, 1.165) is 21.7 Å². The Hall–Kier alpha value is -2.79. The van der Waals surface area contributed by atoms with E-state index in [-0.39, 0.29) is 11.5 Å². The van der Waals surface area contributed by atoms with Crippen LogP contribution in [0.3, 0.4) is 0 Å². The molecule has 0 saturated carbocycles. The number of benzene rings is 3. The standard InChI is InChI=1S/C21H16FNO2S/c22-16-10-11-19-17-8-4-5-9-18(17)21(23-20(19)12-16)14-26(24,25)13-15-6-2-1-3-7-15/h1-12H,13-14H2. The van der Waals surface area contributed by atoms with Crippen LogP contribution in [0, 0.1) is 5.82 Å². The third-order valence-electron chi connectivity index (χ3n) is 4.33. The maximum absolute atomic E-state index is 13.6. The van der Waals surface area contributed by atoms with Crippen LogP contribution in [0.5, 0.6) is 0 Å². The lowest BCUT2D eigenvalue weighted by atomic mass is 10.0. The Balaban J connectivity index is 1.82. The normalized spacial score (nSPS) is 11.9. The van der Waals surface area contributed by atoms with Gasteiger partial charge >= 0.3 is 0 Å². The van der Waals surface area contributed by atoms with Gasteiger partial charge in [-0.3, -0.25) is 4.98 Å². The van der Waals surface area contributed by atoms with Crippen molar-refractivity contribution in [2.75, 3.05) is 0 Å². The predicted octanol–water partition coefficient (Wildman–Crippen LogP) is 4.64. The van der Waals surface area contributed by atoms with Gasteiger partial charge in [-0.15, -0.1) is 0 Å². The van der Waals surface area contributed by atoms with Crippen LogP contribution in [0.15, 0.2) is 72.8 Å². The molecule has 0 bridgehead atoms. The molecule has 3 aromatic carbocycles. The highest BCUT2D eigenvalue weighted by molar-refractivity contribution is 7.89. The summed E-state index contributed by atoms with van der Waals surface area (Å²) in [5, 5.41) is 2.47. The van der Waals surface area contributed by atoms with Crippen LogP contribution < -0.4 is 0 Å². The Bertz CT molecular complexity index is 1200. The number of rotatable bonds is 4. The molecule has 0 aliphatic rings. The van der Waals surface area contributed by atoms with E-state index in [4.69, 9.17) is 0 Å². The van der Waals surface area contributed by atoms with E-state index in [9.17, 15) is 12.8 Å². The van der Waals surface area contributed by atoms with E-state index in [1.165, 1.54) is 12.1 Å². The van der Waals surface area contributed by atoms with Crippen LogP contribution in [-0.2, 0) is 21.3 Å². The van der Waals surface area contributed by atoms with Gasteiger partial charge in [-0.2, -0.15) is 0 Å². The molecule has 0 N–H and O–H groups in total. The lowest BCUT2D eigenvalue weighted by Gasteiger charge is -2.10. The number of pyridine rings is 1. The lowest BCUT2D eigenvalue weighted by molar-refractivity contribution is 0.594. The zero-order valence-electron chi connectivity index (χ0n) is 13.9. The summed E-state index contributed by atoms with van der Waals surface area (Å²) in [6.07, 6.45) is 0. The summed E-state index contributed by atoms with van der Waals surface area (Å²) >= 11 is 0. The number of sulfone groups is 1. The highest BCUT2D eigenvalue weighted by atomic mass is 32.2. The number of hydrogen-bond donors (Lipinski definition) is 0. The molecule has 26 heavy (non-hydrogen) atoms. The van der Waals surface area contributed by atoms with E-state index >= 15 is 0 Å². The molecule has 0 unspecified atom stereocenters. The van der Waals surface area contributed by atoms with E-state index in [0.29, 0.717) is 11.2 Å². The van der Waals surface area contributed by atoms with Crippen LogP contribution in [-0.4, -0.2) is 13.4 Å². The highest BCUT2D eigenvalue weighted by Gasteiger charge is 2.17. The Morgan fingerprint density at radius 2 is 1.46 bits per heavy atom. The molecule has 0 atom stereocenters. The number of nitrogens with zero attached hydrogens (tertiary/aromatic N) is 1. The molecular weight excluding hydrogens is 349 g/mol. The highest BCUT2D eigenvalue weighted by Crippen LogP contribution is 2.28. The van der Waals surface area contributed by atoms with Crippen molar-refractivity contribution in [3.63, 3.8) is 0 Å². The summed E-state index contributed by atoms with van der Waals surface area (Å²) in [7, 11) is -3.41. The lowest BCUT2D eigenvalue weighted by Crippen LogP contribution is -2.09. The van der Waals surface area contributed by atoms with Crippen LogP contribution >= 0.6 is 0 Å². The average Bonchev–Trinajstić information content (AvgIpc) is 2.61. The zero-order valence-corrected chi connectivity index (χ0v) is 14.7. The van der Waals surface area contributed by atoms with Gasteiger partial charge in [0.2, 0.25) is 0 Å². The average molecular weight is 365 g/mol. The van der Waals surface area contributed by atoms with Crippen molar-refractivity contribution in [1.29, 1.82) is 0 Å². The molecule has 5 heteroatoms. The second-order valence-electron chi connectivity index (χ2n) is 6.28. The summed E-state index contributed by atoms with van der Waals surface area (Å²) in [4.78, 5) is 4.47. The Labute approximate surface area is 151 Å². The van der Waals surface area contributed by atoms with Gasteiger partial charge in [0.05, 0.1) is 22.7 Å². The van der Waals surface area contributed by atoms with Crippen LogP contribution in [0.2, 0.25) is 0 Å². The van der Waals surface area contributed by atoms with Gasteiger partial charge in [-0.1, -0.05) is 54.6 Å². The Kier molecular flexibility index (Phi) is 4.17. The molecule has 0 aliphatic heterocycles. The van der Waals surface area contributed by atoms with Gasteiger partial charge in [-0.25, -0.2) is 12.8 Å². The summed E-state index contributed by atoms with van der Waals surface area (Å²) < 4.78 is 39.0. The first-order valence-electron chi connectivity index (χ1n) is 8.23. The second kappa shape index (κ2) is 6.50. The minimum absolute atomic E-state index is 0.0506. The van der Waals surface area contributed by atoms with Crippen LogP contribution in [0.25, 0.3) is 21.7 Å². The van der Waals surface area contributed by atoms with Gasteiger partial charge in [0.15, 0.2) is 9.84 Å².